The maximum atomic E-state index is 11.4. The molecule has 4 aliphatic rings. The summed E-state index contributed by atoms with van der Waals surface area (Å²) in [5, 5.41) is 26.7. The van der Waals surface area contributed by atoms with Crippen LogP contribution in [0.1, 0.15) is 64.7 Å². The van der Waals surface area contributed by atoms with E-state index in [0.717, 1.165) is 43.1 Å². The number of hydrogen-bond donors (Lipinski definition) is 1. The Morgan fingerprint density at radius 2 is 1.77 bits per heavy atom. The normalized spacial score (nSPS) is 30.5. The standard InChI is InChI=1S/C22H30N4O4/c1-2-3-4-18(22-11-15-7-16(12-22)9-17(8-15)13-22)14-23-24-20-6-5-19(25(27)28)10-21(20)26(29)30/h5-6,10,14-18,24H,2-4,7-9,11-13H2,1H3. The fourth-order valence-corrected chi connectivity index (χ4v) is 6.67. The van der Waals surface area contributed by atoms with Gasteiger partial charge in [-0.2, -0.15) is 5.10 Å². The Morgan fingerprint density at radius 1 is 1.13 bits per heavy atom. The Labute approximate surface area is 176 Å². The van der Waals surface area contributed by atoms with Gasteiger partial charge in [-0.1, -0.05) is 19.8 Å². The third-order valence-electron chi connectivity index (χ3n) is 7.57. The van der Waals surface area contributed by atoms with E-state index in [1.165, 1.54) is 50.7 Å². The number of benzene rings is 1. The summed E-state index contributed by atoms with van der Waals surface area (Å²) >= 11 is 0. The van der Waals surface area contributed by atoms with Gasteiger partial charge in [0.15, 0.2) is 0 Å². The van der Waals surface area contributed by atoms with E-state index in [9.17, 15) is 20.2 Å². The molecule has 1 aromatic carbocycles. The van der Waals surface area contributed by atoms with Crippen LogP contribution in [0.25, 0.3) is 0 Å². The van der Waals surface area contributed by atoms with Gasteiger partial charge in [0.2, 0.25) is 0 Å². The zero-order valence-corrected chi connectivity index (χ0v) is 17.5. The fourth-order valence-electron chi connectivity index (χ4n) is 6.67. The Bertz CT molecular complexity index is 818. The van der Waals surface area contributed by atoms with Crippen molar-refractivity contribution in [2.24, 2.45) is 34.2 Å². The summed E-state index contributed by atoms with van der Waals surface area (Å²) in [4.78, 5) is 21.0. The third-order valence-corrected chi connectivity index (χ3v) is 7.57. The van der Waals surface area contributed by atoms with Gasteiger partial charge in [-0.3, -0.25) is 25.7 Å². The molecule has 30 heavy (non-hydrogen) atoms. The average molecular weight is 415 g/mol. The molecule has 0 spiro atoms. The van der Waals surface area contributed by atoms with E-state index in [4.69, 9.17) is 0 Å². The van der Waals surface area contributed by atoms with Crippen molar-refractivity contribution in [1.82, 2.24) is 0 Å². The number of hydrazone groups is 1. The van der Waals surface area contributed by atoms with Crippen molar-refractivity contribution in [2.45, 2.75) is 64.7 Å². The highest BCUT2D eigenvalue weighted by Gasteiger charge is 2.53. The molecule has 1 unspecified atom stereocenters. The molecule has 4 saturated carbocycles. The Kier molecular flexibility index (Phi) is 5.75. The van der Waals surface area contributed by atoms with Crippen LogP contribution in [0.15, 0.2) is 23.3 Å². The Morgan fingerprint density at radius 3 is 2.30 bits per heavy atom. The van der Waals surface area contributed by atoms with Gasteiger partial charge in [0, 0.05) is 18.2 Å². The smallest absolute Gasteiger partial charge is 0.272 e. The van der Waals surface area contributed by atoms with E-state index in [2.05, 4.69) is 17.5 Å². The molecule has 0 radical (unpaired) electrons. The summed E-state index contributed by atoms with van der Waals surface area (Å²) in [6.45, 7) is 2.20. The predicted molar refractivity (Wildman–Crippen MR) is 115 cm³/mol. The van der Waals surface area contributed by atoms with E-state index in [1.807, 2.05) is 6.21 Å². The molecule has 0 aliphatic heterocycles. The minimum atomic E-state index is -0.631. The predicted octanol–water partition coefficient (Wildman–Crippen LogP) is 5.92. The molecule has 4 aliphatic carbocycles. The monoisotopic (exact) mass is 414 g/mol. The van der Waals surface area contributed by atoms with E-state index >= 15 is 0 Å². The second-order valence-electron chi connectivity index (χ2n) is 9.63. The van der Waals surface area contributed by atoms with E-state index < -0.39 is 9.85 Å². The lowest BCUT2D eigenvalue weighted by Crippen LogP contribution is -2.50. The van der Waals surface area contributed by atoms with Crippen molar-refractivity contribution in [3.63, 3.8) is 0 Å². The van der Waals surface area contributed by atoms with Crippen LogP contribution in [-0.4, -0.2) is 16.1 Å². The van der Waals surface area contributed by atoms with Gasteiger partial charge in [0.25, 0.3) is 5.69 Å². The molecule has 1 atom stereocenters. The SMILES string of the molecule is CCCCC(C=NNc1ccc([N+](=O)[O-])cc1[N+](=O)[O-])C12CC3CC(CC(C3)C1)C2. The third kappa shape index (κ3) is 4.04. The molecule has 0 saturated heterocycles. The largest absolute Gasteiger partial charge is 0.301 e. The van der Waals surface area contributed by atoms with Crippen molar-refractivity contribution in [3.8, 4) is 0 Å². The highest BCUT2D eigenvalue weighted by molar-refractivity contribution is 5.68. The summed E-state index contributed by atoms with van der Waals surface area (Å²) in [7, 11) is 0. The van der Waals surface area contributed by atoms with Crippen LogP contribution in [0.4, 0.5) is 17.1 Å². The molecule has 0 aromatic heterocycles. The van der Waals surface area contributed by atoms with Crippen molar-refractivity contribution in [1.29, 1.82) is 0 Å². The molecule has 0 amide bonds. The fraction of sp³-hybridized carbons (Fsp3) is 0.682. The summed E-state index contributed by atoms with van der Waals surface area (Å²) in [5.41, 5.74) is 2.68. The first kappa shape index (κ1) is 20.8. The zero-order valence-electron chi connectivity index (χ0n) is 17.5. The summed E-state index contributed by atoms with van der Waals surface area (Å²) < 4.78 is 0. The van der Waals surface area contributed by atoms with Gasteiger partial charge < -0.3 is 0 Å². The number of nitrogens with zero attached hydrogens (tertiary/aromatic N) is 3. The Balaban J connectivity index is 1.53. The van der Waals surface area contributed by atoms with Crippen LogP contribution in [0.5, 0.6) is 0 Å². The molecule has 0 heterocycles. The van der Waals surface area contributed by atoms with E-state index in [1.54, 1.807) is 0 Å². The lowest BCUT2D eigenvalue weighted by Gasteiger charge is -2.59. The van der Waals surface area contributed by atoms with Crippen molar-refractivity contribution >= 4 is 23.3 Å². The van der Waals surface area contributed by atoms with Gasteiger partial charge >= 0.3 is 5.69 Å². The molecule has 1 N–H and O–H groups in total. The molecule has 5 rings (SSSR count). The number of anilines is 1. The minimum absolute atomic E-state index is 0.182. The first-order valence-corrected chi connectivity index (χ1v) is 11.1. The van der Waals surface area contributed by atoms with Crippen LogP contribution in [0.3, 0.4) is 0 Å². The lowest BCUT2D eigenvalue weighted by molar-refractivity contribution is -0.393. The molecule has 4 bridgehead atoms. The molecule has 1 aromatic rings. The number of nitro groups is 2. The number of non-ortho nitro benzene ring substituents is 1. The second kappa shape index (κ2) is 8.32. The van der Waals surface area contributed by atoms with Crippen molar-refractivity contribution < 1.29 is 9.85 Å². The maximum Gasteiger partial charge on any atom is 0.301 e. The van der Waals surface area contributed by atoms with E-state index in [-0.39, 0.29) is 17.1 Å². The Hall–Kier alpha value is -2.51. The first-order valence-electron chi connectivity index (χ1n) is 11.1. The molecule has 4 fully saturated rings. The van der Waals surface area contributed by atoms with Crippen LogP contribution in [0.2, 0.25) is 0 Å². The number of nitro benzene ring substituents is 2. The van der Waals surface area contributed by atoms with E-state index in [0.29, 0.717) is 11.3 Å². The summed E-state index contributed by atoms with van der Waals surface area (Å²) in [6, 6.07) is 3.60. The van der Waals surface area contributed by atoms with Crippen molar-refractivity contribution in [2.75, 3.05) is 5.43 Å². The molecule has 162 valence electrons. The van der Waals surface area contributed by atoms with Gasteiger partial charge in [-0.25, -0.2) is 0 Å². The zero-order chi connectivity index (χ0) is 21.3. The van der Waals surface area contributed by atoms with Gasteiger partial charge in [0.05, 0.1) is 15.9 Å². The molecule has 8 heteroatoms. The van der Waals surface area contributed by atoms with Gasteiger partial charge in [0.1, 0.15) is 5.69 Å². The molecular formula is C22H30N4O4. The topological polar surface area (TPSA) is 111 Å². The average Bonchev–Trinajstić information content (AvgIpc) is 2.69. The summed E-state index contributed by atoms with van der Waals surface area (Å²) in [6.07, 6.45) is 13.4. The van der Waals surface area contributed by atoms with Crippen LogP contribution in [-0.2, 0) is 0 Å². The van der Waals surface area contributed by atoms with Crippen molar-refractivity contribution in [3.05, 3.63) is 38.4 Å². The highest BCUT2D eigenvalue weighted by atomic mass is 16.6. The quantitative estimate of drug-likeness (QED) is 0.306. The number of nitrogens with one attached hydrogen (secondary N) is 1. The lowest BCUT2D eigenvalue weighted by atomic mass is 9.46. The minimum Gasteiger partial charge on any atom is -0.272 e. The summed E-state index contributed by atoms with van der Waals surface area (Å²) in [5.74, 6) is 2.95. The number of unbranched alkanes of at least 4 members (excludes halogenated alkanes) is 1. The van der Waals surface area contributed by atoms with Gasteiger partial charge in [-0.15, -0.1) is 0 Å². The maximum absolute atomic E-state index is 11.4. The van der Waals surface area contributed by atoms with Crippen LogP contribution < -0.4 is 5.43 Å². The highest BCUT2D eigenvalue weighted by Crippen LogP contribution is 2.63. The first-order chi connectivity index (χ1) is 14.4. The number of hydrogen-bond acceptors (Lipinski definition) is 6. The second-order valence-corrected chi connectivity index (χ2v) is 9.63. The van der Waals surface area contributed by atoms with Crippen LogP contribution in [0, 0.1) is 49.3 Å². The molecular weight excluding hydrogens is 384 g/mol. The number of rotatable bonds is 9. The van der Waals surface area contributed by atoms with Gasteiger partial charge in [-0.05, 0) is 74.2 Å². The molecule has 8 nitrogen and oxygen atoms in total. The van der Waals surface area contributed by atoms with Crippen LogP contribution >= 0.6 is 0 Å².